The van der Waals surface area contributed by atoms with Gasteiger partial charge in [-0.2, -0.15) is 0 Å². The molecule has 52 heavy (non-hydrogen) atoms. The maximum Gasteiger partial charge on any atom is 0.306 e. The first-order valence-electron chi connectivity index (χ1n) is 23.0. The lowest BCUT2D eigenvalue weighted by Gasteiger charge is -2.18. The fourth-order valence-electron chi connectivity index (χ4n) is 6.85. The van der Waals surface area contributed by atoms with Crippen LogP contribution in [-0.4, -0.2) is 37.2 Å². The van der Waals surface area contributed by atoms with Crippen LogP contribution in [0.2, 0.25) is 0 Å². The Balaban J connectivity index is 4.07. The van der Waals surface area contributed by atoms with Crippen LogP contribution in [0.5, 0.6) is 0 Å². The zero-order valence-corrected chi connectivity index (χ0v) is 35.1. The highest BCUT2D eigenvalue weighted by Gasteiger charge is 2.19. The zero-order chi connectivity index (χ0) is 38.0. The molecule has 0 heterocycles. The van der Waals surface area contributed by atoms with Crippen LogP contribution in [-0.2, 0) is 28.6 Å². The molecule has 0 aliphatic heterocycles. The molecule has 0 saturated carbocycles. The monoisotopic (exact) mass is 737 g/mol. The molecule has 0 N–H and O–H groups in total. The molecule has 0 spiro atoms. The van der Waals surface area contributed by atoms with Gasteiger partial charge in [0.25, 0.3) is 0 Å². The van der Waals surface area contributed by atoms with Crippen LogP contribution in [0.3, 0.4) is 0 Å². The third kappa shape index (κ3) is 39.6. The predicted octanol–water partition coefficient (Wildman–Crippen LogP) is 14.5. The van der Waals surface area contributed by atoms with Crippen LogP contribution in [0, 0.1) is 0 Å². The molecule has 0 aliphatic carbocycles. The van der Waals surface area contributed by atoms with Crippen LogP contribution in [0.4, 0.5) is 0 Å². The lowest BCUT2D eigenvalue weighted by atomic mass is 10.0. The summed E-state index contributed by atoms with van der Waals surface area (Å²) in [5.41, 5.74) is 0. The highest BCUT2D eigenvalue weighted by atomic mass is 16.6. The van der Waals surface area contributed by atoms with Crippen molar-refractivity contribution in [3.8, 4) is 0 Å². The van der Waals surface area contributed by atoms with Gasteiger partial charge in [-0.05, 0) is 19.3 Å². The number of hydrogen-bond donors (Lipinski definition) is 0. The van der Waals surface area contributed by atoms with Gasteiger partial charge in [0.05, 0.1) is 0 Å². The average Bonchev–Trinajstić information content (AvgIpc) is 3.14. The minimum atomic E-state index is -0.756. The van der Waals surface area contributed by atoms with Crippen molar-refractivity contribution >= 4 is 17.9 Å². The van der Waals surface area contributed by atoms with Gasteiger partial charge in [-0.25, -0.2) is 0 Å². The third-order valence-electron chi connectivity index (χ3n) is 10.4. The van der Waals surface area contributed by atoms with E-state index < -0.39 is 6.10 Å². The summed E-state index contributed by atoms with van der Waals surface area (Å²) in [7, 11) is 0. The summed E-state index contributed by atoms with van der Waals surface area (Å²) in [4.78, 5) is 37.4. The number of rotatable bonds is 42. The van der Waals surface area contributed by atoms with Gasteiger partial charge in [0.1, 0.15) is 13.2 Å². The molecule has 0 aromatic carbocycles. The molecule has 6 heteroatoms. The van der Waals surface area contributed by atoms with Gasteiger partial charge >= 0.3 is 17.9 Å². The van der Waals surface area contributed by atoms with E-state index in [9.17, 15) is 14.4 Å². The molecule has 0 fully saturated rings. The van der Waals surface area contributed by atoms with E-state index in [1.807, 2.05) is 0 Å². The molecule has 0 aliphatic rings. The van der Waals surface area contributed by atoms with Crippen molar-refractivity contribution in [2.45, 2.75) is 264 Å². The minimum absolute atomic E-state index is 0.0643. The first kappa shape index (κ1) is 50.4. The lowest BCUT2D eigenvalue weighted by molar-refractivity contribution is -0.167. The van der Waals surface area contributed by atoms with Crippen LogP contribution < -0.4 is 0 Å². The number of esters is 3. The van der Waals surface area contributed by atoms with E-state index in [0.29, 0.717) is 19.3 Å². The number of ether oxygens (including phenoxy) is 3. The van der Waals surface area contributed by atoms with Gasteiger partial charge in [-0.3, -0.25) is 14.4 Å². The summed E-state index contributed by atoms with van der Waals surface area (Å²) in [5, 5.41) is 0. The quantitative estimate of drug-likeness (QED) is 0.0353. The van der Waals surface area contributed by atoms with Gasteiger partial charge in [0.15, 0.2) is 6.10 Å². The first-order chi connectivity index (χ1) is 25.5. The highest BCUT2D eigenvalue weighted by Crippen LogP contribution is 2.16. The van der Waals surface area contributed by atoms with E-state index in [1.165, 1.54) is 154 Å². The molecule has 0 aromatic rings. The SMILES string of the molecule is CCCCCCCCCCCCCCCCCCCCC(=O)OC[C@@H](COC(=O)CCCCCCCCCCCCC)OC(=O)CCCCCCC. The van der Waals surface area contributed by atoms with Gasteiger partial charge in [-0.1, -0.05) is 220 Å². The Bertz CT molecular complexity index is 768. The van der Waals surface area contributed by atoms with Crippen LogP contribution >= 0.6 is 0 Å². The molecule has 0 amide bonds. The molecular formula is C46H88O6. The maximum atomic E-state index is 12.5. The second kappa shape index (κ2) is 42.2. The Labute approximate surface area is 323 Å². The zero-order valence-electron chi connectivity index (χ0n) is 35.1. The summed E-state index contributed by atoms with van der Waals surface area (Å²) in [6.45, 7) is 6.57. The molecule has 0 unspecified atom stereocenters. The third-order valence-corrected chi connectivity index (χ3v) is 10.4. The van der Waals surface area contributed by atoms with Gasteiger partial charge in [0, 0.05) is 19.3 Å². The molecule has 0 saturated heterocycles. The Morgan fingerprint density at radius 1 is 0.308 bits per heavy atom. The number of unbranched alkanes of at least 4 members (excludes halogenated alkanes) is 31. The Morgan fingerprint density at radius 3 is 0.769 bits per heavy atom. The number of carbonyl (C=O) groups excluding carboxylic acids is 3. The van der Waals surface area contributed by atoms with Crippen molar-refractivity contribution in [2.24, 2.45) is 0 Å². The number of carbonyl (C=O) groups is 3. The van der Waals surface area contributed by atoms with Crippen LogP contribution in [0.25, 0.3) is 0 Å². The summed E-state index contributed by atoms with van der Waals surface area (Å²) in [5.74, 6) is -0.867. The summed E-state index contributed by atoms with van der Waals surface area (Å²) >= 11 is 0. The largest absolute Gasteiger partial charge is 0.462 e. The van der Waals surface area contributed by atoms with E-state index in [-0.39, 0.29) is 31.1 Å². The van der Waals surface area contributed by atoms with Crippen LogP contribution in [0.15, 0.2) is 0 Å². The standard InChI is InChI=1S/C46H88O6/c1-4-7-10-13-15-17-19-20-21-22-23-24-25-27-29-31-34-36-39-45(48)51-42-43(52-46(49)40-37-32-12-9-6-3)41-50-44(47)38-35-33-30-28-26-18-16-14-11-8-5-2/h43H,4-42H2,1-3H3/t43-/m1/s1. The number of hydrogen-bond acceptors (Lipinski definition) is 6. The maximum absolute atomic E-state index is 12.5. The topological polar surface area (TPSA) is 78.9 Å². The van der Waals surface area contributed by atoms with E-state index in [1.54, 1.807) is 0 Å². The molecule has 0 rings (SSSR count). The fourth-order valence-corrected chi connectivity index (χ4v) is 6.85. The second-order valence-electron chi connectivity index (χ2n) is 15.7. The lowest BCUT2D eigenvalue weighted by Crippen LogP contribution is -2.30. The Morgan fingerprint density at radius 2 is 0.519 bits per heavy atom. The summed E-state index contributed by atoms with van der Waals surface area (Å²) in [6, 6.07) is 0. The molecule has 6 nitrogen and oxygen atoms in total. The Hall–Kier alpha value is -1.59. The fraction of sp³-hybridized carbons (Fsp3) is 0.935. The van der Waals surface area contributed by atoms with Gasteiger partial charge < -0.3 is 14.2 Å². The normalized spacial score (nSPS) is 11.8. The van der Waals surface area contributed by atoms with E-state index in [0.717, 1.165) is 64.2 Å². The smallest absolute Gasteiger partial charge is 0.306 e. The van der Waals surface area contributed by atoms with Crippen LogP contribution in [0.1, 0.15) is 258 Å². The van der Waals surface area contributed by atoms with Crippen molar-refractivity contribution < 1.29 is 28.6 Å². The molecule has 1 atom stereocenters. The van der Waals surface area contributed by atoms with Crippen molar-refractivity contribution in [1.82, 2.24) is 0 Å². The summed E-state index contributed by atoms with van der Waals surface area (Å²) < 4.78 is 16.6. The van der Waals surface area contributed by atoms with Crippen molar-refractivity contribution in [1.29, 1.82) is 0 Å². The van der Waals surface area contributed by atoms with E-state index in [2.05, 4.69) is 20.8 Å². The minimum Gasteiger partial charge on any atom is -0.462 e. The van der Waals surface area contributed by atoms with Gasteiger partial charge in [0.2, 0.25) is 0 Å². The molecule has 0 bridgehead atoms. The second-order valence-corrected chi connectivity index (χ2v) is 15.7. The van der Waals surface area contributed by atoms with E-state index in [4.69, 9.17) is 14.2 Å². The van der Waals surface area contributed by atoms with E-state index >= 15 is 0 Å². The Kier molecular flexibility index (Phi) is 40.9. The molecule has 308 valence electrons. The van der Waals surface area contributed by atoms with Crippen molar-refractivity contribution in [2.75, 3.05) is 13.2 Å². The first-order valence-corrected chi connectivity index (χ1v) is 23.0. The summed E-state index contributed by atoms with van der Waals surface area (Å²) in [6.07, 6.45) is 42.6. The predicted molar refractivity (Wildman–Crippen MR) is 220 cm³/mol. The highest BCUT2D eigenvalue weighted by molar-refractivity contribution is 5.71. The molecule has 0 radical (unpaired) electrons. The van der Waals surface area contributed by atoms with Crippen molar-refractivity contribution in [3.63, 3.8) is 0 Å². The van der Waals surface area contributed by atoms with Gasteiger partial charge in [-0.15, -0.1) is 0 Å². The molecular weight excluding hydrogens is 649 g/mol. The van der Waals surface area contributed by atoms with Crippen molar-refractivity contribution in [3.05, 3.63) is 0 Å². The molecule has 0 aromatic heterocycles. The average molecular weight is 737 g/mol.